The maximum absolute atomic E-state index is 11.2. The van der Waals surface area contributed by atoms with E-state index in [-0.39, 0.29) is 0 Å². The Bertz CT molecular complexity index is 957. The predicted molar refractivity (Wildman–Crippen MR) is 128 cm³/mol. The molecule has 0 bridgehead atoms. The molecule has 12 N–H and O–H groups in total. The van der Waals surface area contributed by atoms with Crippen LogP contribution in [-0.4, -0.2) is 200 Å². The lowest BCUT2D eigenvalue weighted by Crippen LogP contribution is -2.65. The Kier molecular flexibility index (Phi) is 13.3. The van der Waals surface area contributed by atoms with Gasteiger partial charge in [-0.1, -0.05) is 0 Å². The van der Waals surface area contributed by atoms with Crippen molar-refractivity contribution >= 4 is 10.4 Å². The zero-order valence-corrected chi connectivity index (χ0v) is 23.0. The number of aliphatic hydroxyl groups is 11. The van der Waals surface area contributed by atoms with Crippen molar-refractivity contribution in [3.05, 3.63) is 0 Å². The zero-order valence-electron chi connectivity index (χ0n) is 22.2. The summed E-state index contributed by atoms with van der Waals surface area (Å²) >= 11 is 0. The van der Waals surface area contributed by atoms with Crippen LogP contribution in [0.1, 0.15) is 0 Å². The van der Waals surface area contributed by atoms with Gasteiger partial charge in [0.05, 0.1) is 33.0 Å². The van der Waals surface area contributed by atoms with Crippen LogP contribution in [0.5, 0.6) is 0 Å². The van der Waals surface area contributed by atoms with Crippen LogP contribution in [0, 0.1) is 0 Å². The summed E-state index contributed by atoms with van der Waals surface area (Å²) in [7, 11) is -5.21. The Balaban J connectivity index is 1.73. The number of ether oxygens (including phenoxy) is 6. The van der Waals surface area contributed by atoms with Gasteiger partial charge in [0.25, 0.3) is 0 Å². The van der Waals surface area contributed by atoms with E-state index < -0.39 is 142 Å². The largest absolute Gasteiger partial charge is 0.397 e. The number of rotatable bonds is 13. The molecule has 0 aromatic heterocycles. The summed E-state index contributed by atoms with van der Waals surface area (Å²) in [5, 5.41) is 110. The van der Waals surface area contributed by atoms with E-state index in [1.807, 2.05) is 0 Å². The molecule has 3 saturated heterocycles. The highest BCUT2D eigenvalue weighted by Gasteiger charge is 2.52. The first-order valence-corrected chi connectivity index (χ1v) is 14.3. The Labute approximate surface area is 243 Å². The number of hydrogen-bond donors (Lipinski definition) is 12. The maximum Gasteiger partial charge on any atom is 0.397 e. The minimum atomic E-state index is -5.21. The van der Waals surface area contributed by atoms with Crippen LogP contribution in [0.2, 0.25) is 0 Å². The van der Waals surface area contributed by atoms with Gasteiger partial charge in [0.1, 0.15) is 79.4 Å². The fourth-order valence-electron chi connectivity index (χ4n) is 4.55. The SMILES string of the molecule is O=S(=O)(O)O[C@H]1[C@@H](O)[C@@H](CO)O[C@@H](OC[C@H]2O[C@H](O[C@H]3[C@@H](OCC(O)CO)O[C@H](CO)[C@@H](O)[C@@H]3O)[C@@H](O)[C@@H](O)[C@@H]2O)[C@@H]1O. The Morgan fingerprint density at radius 3 is 1.77 bits per heavy atom. The van der Waals surface area contributed by atoms with E-state index in [0.29, 0.717) is 0 Å². The molecule has 0 radical (unpaired) electrons. The normalized spacial score (nSPS) is 45.2. The fraction of sp³-hybridized carbons (Fsp3) is 1.00. The molecular weight excluding hydrogens is 620 g/mol. The van der Waals surface area contributed by atoms with Crippen molar-refractivity contribution in [3.63, 3.8) is 0 Å². The Morgan fingerprint density at radius 2 is 1.19 bits per heavy atom. The van der Waals surface area contributed by atoms with Crippen LogP contribution >= 0.6 is 0 Å². The summed E-state index contributed by atoms with van der Waals surface area (Å²) in [6, 6.07) is 0. The smallest absolute Gasteiger partial charge is 0.394 e. The first kappa shape index (κ1) is 36.7. The summed E-state index contributed by atoms with van der Waals surface area (Å²) in [5.74, 6) is 0. The van der Waals surface area contributed by atoms with Gasteiger partial charge in [0.2, 0.25) is 0 Å². The van der Waals surface area contributed by atoms with Crippen LogP contribution in [0.4, 0.5) is 0 Å². The first-order valence-electron chi connectivity index (χ1n) is 12.9. The molecule has 43 heavy (non-hydrogen) atoms. The van der Waals surface area contributed by atoms with E-state index in [0.717, 1.165) is 0 Å². The average Bonchev–Trinajstić information content (AvgIpc) is 2.96. The van der Waals surface area contributed by atoms with Crippen molar-refractivity contribution < 1.29 is 102 Å². The van der Waals surface area contributed by atoms with Crippen molar-refractivity contribution in [1.29, 1.82) is 0 Å². The molecule has 0 aromatic rings. The van der Waals surface area contributed by atoms with Gasteiger partial charge in [0.15, 0.2) is 18.9 Å². The van der Waals surface area contributed by atoms with Gasteiger partial charge < -0.3 is 84.6 Å². The molecule has 254 valence electrons. The van der Waals surface area contributed by atoms with E-state index in [4.69, 9.17) is 38.1 Å². The van der Waals surface area contributed by atoms with Crippen LogP contribution < -0.4 is 0 Å². The molecule has 3 heterocycles. The molecule has 0 aromatic carbocycles. The lowest BCUT2D eigenvalue weighted by molar-refractivity contribution is -0.373. The van der Waals surface area contributed by atoms with E-state index in [2.05, 4.69) is 4.18 Å². The summed E-state index contributed by atoms with van der Waals surface area (Å²) < 4.78 is 67.7. The van der Waals surface area contributed by atoms with Crippen LogP contribution in [0.15, 0.2) is 0 Å². The van der Waals surface area contributed by atoms with E-state index >= 15 is 0 Å². The molecule has 0 amide bonds. The first-order chi connectivity index (χ1) is 20.1. The molecule has 0 spiro atoms. The minimum absolute atomic E-state index is 0.566. The van der Waals surface area contributed by atoms with Gasteiger partial charge in [-0.3, -0.25) is 4.55 Å². The molecule has 3 rings (SSSR count). The van der Waals surface area contributed by atoms with E-state index in [9.17, 15) is 59.5 Å². The monoisotopic (exact) mass is 658 g/mol. The van der Waals surface area contributed by atoms with Crippen LogP contribution in [0.3, 0.4) is 0 Å². The van der Waals surface area contributed by atoms with Crippen molar-refractivity contribution in [3.8, 4) is 0 Å². The molecular formula is C21H38O21S. The average molecular weight is 659 g/mol. The lowest BCUT2D eigenvalue weighted by Gasteiger charge is -2.46. The minimum Gasteiger partial charge on any atom is -0.394 e. The van der Waals surface area contributed by atoms with Gasteiger partial charge in [-0.25, -0.2) is 4.18 Å². The summed E-state index contributed by atoms with van der Waals surface area (Å²) in [6.45, 7) is -3.79. The van der Waals surface area contributed by atoms with Gasteiger partial charge in [-0.2, -0.15) is 8.42 Å². The fourth-order valence-corrected chi connectivity index (χ4v) is 5.06. The van der Waals surface area contributed by atoms with Crippen molar-refractivity contribution in [2.75, 3.05) is 33.0 Å². The van der Waals surface area contributed by atoms with Crippen LogP contribution in [-0.2, 0) is 43.0 Å². The lowest BCUT2D eigenvalue weighted by atomic mass is 9.97. The highest BCUT2D eigenvalue weighted by atomic mass is 32.3. The van der Waals surface area contributed by atoms with E-state index in [1.165, 1.54) is 0 Å². The topological polar surface area (TPSA) is 342 Å². The van der Waals surface area contributed by atoms with E-state index in [1.54, 1.807) is 0 Å². The molecule has 3 fully saturated rings. The van der Waals surface area contributed by atoms with Gasteiger partial charge in [-0.15, -0.1) is 0 Å². The second-order valence-corrected chi connectivity index (χ2v) is 11.1. The zero-order chi connectivity index (χ0) is 32.2. The third-order valence-corrected chi connectivity index (χ3v) is 7.39. The van der Waals surface area contributed by atoms with Gasteiger partial charge >= 0.3 is 10.4 Å². The molecule has 0 saturated carbocycles. The highest BCUT2D eigenvalue weighted by molar-refractivity contribution is 7.80. The predicted octanol–water partition coefficient (Wildman–Crippen LogP) is -8.37. The number of aliphatic hydroxyl groups excluding tert-OH is 11. The molecule has 3 aliphatic heterocycles. The van der Waals surface area contributed by atoms with Gasteiger partial charge in [0, 0.05) is 0 Å². The number of hydrogen-bond acceptors (Lipinski definition) is 20. The third kappa shape index (κ3) is 8.93. The molecule has 1 unspecified atom stereocenters. The summed E-state index contributed by atoms with van der Waals surface area (Å²) in [5.41, 5.74) is 0. The van der Waals surface area contributed by atoms with Gasteiger partial charge in [-0.05, 0) is 0 Å². The summed E-state index contributed by atoms with van der Waals surface area (Å²) in [4.78, 5) is 0. The molecule has 16 atom stereocenters. The van der Waals surface area contributed by atoms with Crippen molar-refractivity contribution in [2.45, 2.75) is 98.2 Å². The highest BCUT2D eigenvalue weighted by Crippen LogP contribution is 2.31. The standard InChI is InChI=1S/C21H38O21S/c22-1-6(25)4-36-21-18(14(30)10(26)7(2-23)39-21)41-20-15(31)13(29)11(27)9(40-20)5-37-19-16(32)17(42-43(33,34)35)12(28)8(3-24)38-19/h6-32H,1-5H2,(H,33,34,35)/t6?,7-,8-,9-,10-,11-,12+,13+,14+,15+,16-,17+,18-,19-,20-,21+/m1/s1. The maximum atomic E-state index is 11.2. The molecule has 3 aliphatic rings. The Hall–Kier alpha value is -0.810. The quantitative estimate of drug-likeness (QED) is 0.0817. The second-order valence-electron chi connectivity index (χ2n) is 10.0. The molecule has 0 aliphatic carbocycles. The van der Waals surface area contributed by atoms with Crippen molar-refractivity contribution in [2.24, 2.45) is 0 Å². The summed E-state index contributed by atoms with van der Waals surface area (Å²) in [6.07, 6.45) is -28.8. The molecule has 22 heteroatoms. The van der Waals surface area contributed by atoms with Crippen molar-refractivity contribution in [1.82, 2.24) is 0 Å². The second kappa shape index (κ2) is 15.7. The van der Waals surface area contributed by atoms with Crippen LogP contribution in [0.25, 0.3) is 0 Å². The molecule has 21 nitrogen and oxygen atoms in total. The third-order valence-electron chi connectivity index (χ3n) is 6.93. The Morgan fingerprint density at radius 1 is 0.628 bits per heavy atom.